The van der Waals surface area contributed by atoms with Gasteiger partial charge in [-0.05, 0) is 18.7 Å². The van der Waals surface area contributed by atoms with E-state index in [-0.39, 0.29) is 87.9 Å². The first-order chi connectivity index (χ1) is 37.2. The van der Waals surface area contributed by atoms with Crippen LogP contribution in [-0.2, 0) is 119 Å². The number of hydrogen-bond donors (Lipinski definition) is 5. The van der Waals surface area contributed by atoms with Gasteiger partial charge in [0.25, 0.3) is 0 Å². The molecular weight excluding hydrogens is 1310 g/mol. The minimum Gasteiger partial charge on any atom is -0.449 e. The summed E-state index contributed by atoms with van der Waals surface area (Å²) >= 11 is 30.0. The Morgan fingerprint density at radius 3 is 1.16 bits per heavy atom. The molecule has 10 fully saturated rings. The van der Waals surface area contributed by atoms with Gasteiger partial charge in [-0.1, -0.05) is 0 Å². The lowest BCUT2D eigenvalue weighted by Gasteiger charge is -2.28. The van der Waals surface area contributed by atoms with Crippen LogP contribution in [0.15, 0.2) is 0 Å². The van der Waals surface area contributed by atoms with Crippen LogP contribution < -0.4 is 0 Å². The van der Waals surface area contributed by atoms with Crippen molar-refractivity contribution in [2.24, 2.45) is 0 Å². The number of thioether (sulfide) groups is 1. The maximum absolute atomic E-state index is 11.1. The molecule has 5 N–H and O–H groups in total. The average molecular weight is 1370 g/mol. The van der Waals surface area contributed by atoms with Gasteiger partial charge in [-0.2, -0.15) is 11.8 Å². The summed E-state index contributed by atoms with van der Waals surface area (Å²) in [6.07, 6.45) is -5.85. The fourth-order valence-corrected chi connectivity index (χ4v) is 13.3. The van der Waals surface area contributed by atoms with E-state index in [4.69, 9.17) is 221 Å². The summed E-state index contributed by atoms with van der Waals surface area (Å²) in [6.45, 7) is 4.75. The molecule has 10 aliphatic rings. The summed E-state index contributed by atoms with van der Waals surface area (Å²) < 4.78 is 142. The van der Waals surface area contributed by atoms with Crippen LogP contribution in [0.5, 0.6) is 0 Å². The molecule has 0 spiro atoms. The Hall–Kier alpha value is 0.135. The highest BCUT2D eigenvalue weighted by atomic mass is 32.5. The van der Waals surface area contributed by atoms with E-state index in [9.17, 15) is 23.2 Å². The number of thiocarbonyl (C=S) groups is 5. The molecule has 0 bridgehead atoms. The summed E-state index contributed by atoms with van der Waals surface area (Å²) in [4.78, 5) is 45.5. The molecular formula is C36H52B5O28P5S7. The van der Waals surface area contributed by atoms with E-state index in [0.29, 0.717) is 0 Å². The van der Waals surface area contributed by atoms with Gasteiger partial charge in [-0.25, -0.2) is 0 Å². The molecule has 25 atom stereocenters. The van der Waals surface area contributed by atoms with Crippen molar-refractivity contribution in [3.63, 3.8) is 0 Å². The molecule has 10 radical (unpaired) electrons. The maximum Gasteiger partial charge on any atom is 0.353 e. The predicted molar refractivity (Wildman–Crippen MR) is 310 cm³/mol. The van der Waals surface area contributed by atoms with E-state index in [1.807, 2.05) is 0 Å². The fraction of sp³-hybridized carbons (Fsp3) is 0.861. The van der Waals surface area contributed by atoms with Gasteiger partial charge in [0.2, 0.25) is 0 Å². The summed E-state index contributed by atoms with van der Waals surface area (Å²) in [5.41, 5.74) is -0.959. The van der Waals surface area contributed by atoms with Crippen molar-refractivity contribution in [1.29, 1.82) is 0 Å². The zero-order valence-corrected chi connectivity index (χ0v) is 53.3. The van der Waals surface area contributed by atoms with Crippen LogP contribution in [0.3, 0.4) is 0 Å². The molecule has 10 rings (SSSR count). The smallest absolute Gasteiger partial charge is 0.353 e. The van der Waals surface area contributed by atoms with Crippen molar-refractivity contribution in [2.75, 3.05) is 66.4 Å². The molecule has 28 nitrogen and oxygen atoms in total. The molecule has 0 saturated carbocycles. The third kappa shape index (κ3) is 20.6. The molecule has 45 heteroatoms. The van der Waals surface area contributed by atoms with Gasteiger partial charge in [0.1, 0.15) is 61.4 Å². The van der Waals surface area contributed by atoms with Crippen molar-refractivity contribution in [3.8, 4) is 0 Å². The van der Waals surface area contributed by atoms with Gasteiger partial charge < -0.3 is 113 Å². The lowest BCUT2D eigenvalue weighted by atomic mass is 9.90. The first kappa shape index (κ1) is 70.2. The van der Waals surface area contributed by atoms with Crippen LogP contribution in [-0.4, -0.2) is 276 Å². The van der Waals surface area contributed by atoms with Gasteiger partial charge >= 0.3 is 56.6 Å². The lowest BCUT2D eigenvalue weighted by molar-refractivity contribution is -0.0759. The Morgan fingerprint density at radius 2 is 0.778 bits per heavy atom. The highest BCUT2D eigenvalue weighted by Crippen LogP contribution is 2.47. The Morgan fingerprint density at radius 1 is 0.457 bits per heavy atom. The summed E-state index contributed by atoms with van der Waals surface area (Å²) in [7, 11) is 14.4. The molecule has 0 aromatic carbocycles. The van der Waals surface area contributed by atoms with E-state index >= 15 is 0 Å². The third-order valence-electron chi connectivity index (χ3n) is 11.8. The lowest BCUT2D eigenvalue weighted by Crippen LogP contribution is -2.43. The standard InChI is InChI=1S/C8H12BO6PS.2C7H10BO6PS.2C7H10BO5PS2/c1-8(3-12-16(2,10)11)5-4(6(9)15-8)13-7(17)14-5;2*1-15(9,10)11-2-3-4-5(6(8)12-3)14-7(16)13-4;1-14(9,10)11-2-3-4-5(6(8)16-3)13-7(15)12-4;1-14(9,16)10-2-3-4-5(6(8)11-3)13-7(15)12-4/h4-6H,3H2,1-2H3,(H,10,11);3*3-6H,2H2,1H3,(H,9,10);3-6H,2H2,1H3,(H,9,16). The zero-order chi connectivity index (χ0) is 60.5. The molecule has 10 heterocycles. The number of fused-ring (bicyclic) bond motifs is 5. The van der Waals surface area contributed by atoms with Gasteiger partial charge in [-0.15, -0.1) is 0 Å². The van der Waals surface area contributed by atoms with Crippen LogP contribution in [0.4, 0.5) is 0 Å². The Balaban J connectivity index is 0.000000163. The number of rotatable bonds is 15. The second kappa shape index (κ2) is 28.3. The third-order valence-corrected chi connectivity index (χ3v) is 17.6. The van der Waals surface area contributed by atoms with Gasteiger partial charge in [-0.3, -0.25) is 18.3 Å². The molecule has 446 valence electrons. The second-order valence-electron chi connectivity index (χ2n) is 19.0. The van der Waals surface area contributed by atoms with Crippen LogP contribution in [0.25, 0.3) is 0 Å². The van der Waals surface area contributed by atoms with E-state index in [0.717, 1.165) is 26.7 Å². The van der Waals surface area contributed by atoms with Crippen molar-refractivity contribution in [1.82, 2.24) is 0 Å². The topological polar surface area (TPSA) is 345 Å². The largest absolute Gasteiger partial charge is 0.449 e. The molecule has 81 heavy (non-hydrogen) atoms. The number of ether oxygens (including phenoxy) is 14. The molecule has 0 aromatic rings. The van der Waals surface area contributed by atoms with E-state index < -0.39 is 128 Å². The minimum absolute atomic E-state index is 0.00801. The monoisotopic (exact) mass is 1370 g/mol. The summed E-state index contributed by atoms with van der Waals surface area (Å²) in [5.74, 6) is 0. The molecule has 0 aromatic heterocycles. The summed E-state index contributed by atoms with van der Waals surface area (Å²) in [6, 6.07) is -2.65. The SMILES string of the molecule is [B]C1OC(C)(COP(C)(=O)O)C2OC(=S)OC12.[B]C1OC(COP(C)(=O)O)C2OC(=S)OC12.[B]C1OC(COP(C)(=O)O)C2OC(=S)OC12.[B]C1OC(COP(C)(O)=S)C2OC(=S)OC12.[B]C1SC(COP(C)(=O)O)C2OC(=S)OC12. The van der Waals surface area contributed by atoms with Crippen molar-refractivity contribution in [2.45, 2.75) is 126 Å². The Bertz CT molecular complexity index is 2290. The van der Waals surface area contributed by atoms with E-state index in [1.54, 1.807) is 6.92 Å². The number of hydrogen-bond acceptors (Lipinski definition) is 30. The van der Waals surface area contributed by atoms with Gasteiger partial charge in [0.15, 0.2) is 61.4 Å². The molecule has 0 aliphatic carbocycles. The van der Waals surface area contributed by atoms with E-state index in [2.05, 4.69) is 0 Å². The van der Waals surface area contributed by atoms with Crippen LogP contribution >= 0.6 is 110 Å². The fourth-order valence-electron chi connectivity index (χ4n) is 8.40. The van der Waals surface area contributed by atoms with Crippen LogP contribution in [0, 0.1) is 0 Å². The second-order valence-corrected chi connectivity index (χ2v) is 33.4. The van der Waals surface area contributed by atoms with Crippen molar-refractivity contribution in [3.05, 3.63) is 0 Å². The van der Waals surface area contributed by atoms with Gasteiger partial charge in [0.05, 0.1) is 70.1 Å². The zero-order valence-electron chi connectivity index (χ0n) is 43.1. The van der Waals surface area contributed by atoms with Crippen molar-refractivity contribution >= 4 is 187 Å². The Labute approximate surface area is 507 Å². The quantitative estimate of drug-likeness (QED) is 0.0826. The maximum atomic E-state index is 11.1. The Kier molecular flexibility index (Phi) is 24.5. The summed E-state index contributed by atoms with van der Waals surface area (Å²) in [5, 5.41) is -0.202. The first-order valence-electron chi connectivity index (χ1n) is 23.4. The normalized spacial score (nSPS) is 41.6. The average Bonchev–Trinajstić information content (AvgIpc) is 4.44. The van der Waals surface area contributed by atoms with Gasteiger partial charge in [0, 0.05) is 99.6 Å². The highest BCUT2D eigenvalue weighted by Gasteiger charge is 2.59. The van der Waals surface area contributed by atoms with E-state index in [1.165, 1.54) is 18.4 Å². The molecule has 0 amide bonds. The minimum atomic E-state index is -3.58. The van der Waals surface area contributed by atoms with Crippen molar-refractivity contribution < 1.29 is 132 Å². The van der Waals surface area contributed by atoms with Crippen LogP contribution in [0.1, 0.15) is 6.92 Å². The van der Waals surface area contributed by atoms with Crippen LogP contribution in [0.2, 0.25) is 0 Å². The highest BCUT2D eigenvalue weighted by molar-refractivity contribution is 8.09. The first-order valence-corrected chi connectivity index (χ1v) is 37.6. The molecule has 10 saturated heterocycles. The molecule has 25 unspecified atom stereocenters. The predicted octanol–water partition coefficient (Wildman–Crippen LogP) is 0.126. The molecule has 10 aliphatic heterocycles.